The van der Waals surface area contributed by atoms with E-state index >= 15 is 0 Å². The van der Waals surface area contributed by atoms with Crippen LogP contribution in [-0.2, 0) is 23.4 Å². The minimum atomic E-state index is -3.71. The van der Waals surface area contributed by atoms with Gasteiger partial charge in [-0.2, -0.15) is 0 Å². The quantitative estimate of drug-likeness (QED) is 0.174. The summed E-state index contributed by atoms with van der Waals surface area (Å²) in [6, 6.07) is -0.985. The molecule has 14 nitrogen and oxygen atoms in total. The molecule has 0 radical (unpaired) electrons. The fourth-order valence-corrected chi connectivity index (χ4v) is 8.75. The van der Waals surface area contributed by atoms with Gasteiger partial charge in [-0.25, -0.2) is 14.3 Å². The maximum absolute atomic E-state index is 13.3. The van der Waals surface area contributed by atoms with E-state index in [4.69, 9.17) is 25.2 Å². The zero-order valence-electron chi connectivity index (χ0n) is 26.6. The summed E-state index contributed by atoms with van der Waals surface area (Å²) in [6.07, 6.45) is 0.538. The van der Waals surface area contributed by atoms with Crippen molar-refractivity contribution in [1.82, 2.24) is 30.2 Å². The van der Waals surface area contributed by atoms with Crippen molar-refractivity contribution in [1.29, 1.82) is 0 Å². The van der Waals surface area contributed by atoms with Crippen LogP contribution in [0.25, 0.3) is 0 Å². The highest BCUT2D eigenvalue weighted by molar-refractivity contribution is 8.77. The van der Waals surface area contributed by atoms with Crippen molar-refractivity contribution < 1.29 is 28.2 Å². The Labute approximate surface area is 276 Å². The average molecular weight is 713 g/mol. The van der Waals surface area contributed by atoms with E-state index in [9.17, 15) is 23.7 Å². The van der Waals surface area contributed by atoms with Crippen molar-refractivity contribution in [2.75, 3.05) is 45.1 Å². The number of piperidine rings is 1. The van der Waals surface area contributed by atoms with Crippen LogP contribution < -0.4 is 27.2 Å². The summed E-state index contributed by atoms with van der Waals surface area (Å²) in [5, 5.41) is 8.87. The lowest BCUT2D eigenvalue weighted by atomic mass is 10.1. The number of nitrogens with one attached hydrogen (secondary N) is 4. The van der Waals surface area contributed by atoms with Gasteiger partial charge in [-0.3, -0.25) is 23.7 Å². The summed E-state index contributed by atoms with van der Waals surface area (Å²) < 4.78 is 33.0. The number of alkyl carbamates (subject to hydrolysis) is 1. The molecule has 0 spiro atoms. The lowest BCUT2D eigenvalue weighted by Crippen LogP contribution is -2.53. The molecule has 2 amide bonds. The number of halogens is 1. The number of H-pyrrole nitrogens is 1. The number of hydrogen-bond acceptors (Lipinski definition) is 11. The highest BCUT2D eigenvalue weighted by Crippen LogP contribution is 2.57. The smallest absolute Gasteiger partial charge is 0.407 e. The molecule has 4 N–H and O–H groups in total. The first kappa shape index (κ1) is 37.9. The summed E-state index contributed by atoms with van der Waals surface area (Å²) >= 11 is 6.39. The molecule has 1 aromatic heterocycles. The fourth-order valence-electron chi connectivity index (χ4n) is 4.44. The largest absolute Gasteiger partial charge is 0.449 e. The van der Waals surface area contributed by atoms with Crippen LogP contribution in [0.15, 0.2) is 15.8 Å². The molecule has 2 saturated heterocycles. The second-order valence-corrected chi connectivity index (χ2v) is 18.7. The molecular weight excluding hydrogens is 667 g/mol. The second-order valence-electron chi connectivity index (χ2n) is 12.5. The summed E-state index contributed by atoms with van der Waals surface area (Å²) in [5.74, 6) is 0.224. The zero-order chi connectivity index (χ0) is 33.4. The average Bonchev–Trinajstić information content (AvgIpc) is 2.96. The molecule has 3 heterocycles. The van der Waals surface area contributed by atoms with Crippen molar-refractivity contribution in [2.24, 2.45) is 5.92 Å². The predicted octanol–water partition coefficient (Wildman–Crippen LogP) is 3.21. The van der Waals surface area contributed by atoms with Crippen LogP contribution >= 0.6 is 39.7 Å². The predicted molar refractivity (Wildman–Crippen MR) is 178 cm³/mol. The Balaban J connectivity index is 1.49. The van der Waals surface area contributed by atoms with Crippen LogP contribution in [0, 0.1) is 12.8 Å². The number of amides is 2. The summed E-state index contributed by atoms with van der Waals surface area (Å²) in [4.78, 5) is 51.8. The van der Waals surface area contributed by atoms with E-state index < -0.39 is 42.6 Å². The molecule has 2 fully saturated rings. The number of aromatic amines is 1. The number of carbonyl (C=O) groups excluding carboxylic acids is 2. The van der Waals surface area contributed by atoms with Gasteiger partial charge in [0.25, 0.3) is 5.56 Å². The van der Waals surface area contributed by atoms with E-state index in [1.807, 2.05) is 13.8 Å². The Morgan fingerprint density at radius 2 is 1.91 bits per heavy atom. The molecule has 0 saturated carbocycles. The van der Waals surface area contributed by atoms with Crippen LogP contribution in [0.1, 0.15) is 59.3 Å². The fraction of sp³-hybridized carbons (Fsp3) is 0.778. The molecule has 0 aliphatic carbocycles. The molecule has 2 aliphatic heterocycles. The number of morpholine rings is 1. The molecule has 2 unspecified atom stereocenters. The molecule has 0 bridgehead atoms. The van der Waals surface area contributed by atoms with Gasteiger partial charge in [0.2, 0.25) is 5.91 Å². The van der Waals surface area contributed by atoms with Crippen molar-refractivity contribution in [3.05, 3.63) is 32.6 Å². The highest BCUT2D eigenvalue weighted by atomic mass is 35.7. The van der Waals surface area contributed by atoms with Gasteiger partial charge in [0, 0.05) is 54.5 Å². The van der Waals surface area contributed by atoms with E-state index in [1.165, 1.54) is 21.6 Å². The van der Waals surface area contributed by atoms with Gasteiger partial charge in [0.1, 0.15) is 6.04 Å². The van der Waals surface area contributed by atoms with Gasteiger partial charge in [0.05, 0.1) is 19.3 Å². The van der Waals surface area contributed by atoms with E-state index in [0.717, 1.165) is 0 Å². The number of aryl methyl sites for hydroxylation is 1. The molecule has 1 aromatic rings. The molecule has 2 aliphatic rings. The number of rotatable bonds is 13. The summed E-state index contributed by atoms with van der Waals surface area (Å²) in [7, 11) is 3.13. The third kappa shape index (κ3) is 12.5. The zero-order valence-corrected chi connectivity index (χ0v) is 29.9. The van der Waals surface area contributed by atoms with Gasteiger partial charge in [-0.05, 0) is 36.9 Å². The maximum atomic E-state index is 13.3. The van der Waals surface area contributed by atoms with Crippen LogP contribution in [0.3, 0.4) is 0 Å². The van der Waals surface area contributed by atoms with Gasteiger partial charge >= 0.3 is 18.7 Å². The lowest BCUT2D eigenvalue weighted by molar-refractivity contribution is -0.123. The molecular formula is C27H46ClN6O8PS2. The Morgan fingerprint density at radius 3 is 2.56 bits per heavy atom. The first-order valence-corrected chi connectivity index (χ1v) is 19.8. The topological polar surface area (TPSA) is 173 Å². The highest BCUT2D eigenvalue weighted by Gasteiger charge is 2.36. The SMILES string of the molecule is Cc1cn([C@H]2CNC[C@@H](COP(=O)(Cl)N3CCC(NC(=O)C(CSSC(C)(C)C)NC(=O)OCC(C)C)CC3)O2)c(=O)[nH]c1=O. The van der Waals surface area contributed by atoms with Crippen LogP contribution in [0.2, 0.25) is 0 Å². The summed E-state index contributed by atoms with van der Waals surface area (Å²) in [6.45, 7) is 9.53. The molecule has 18 heteroatoms. The number of nitrogens with zero attached hydrogens (tertiary/aromatic N) is 2. The molecule has 3 rings (SSSR count). The minimum absolute atomic E-state index is 0.0163. The van der Waals surface area contributed by atoms with Gasteiger partial charge in [0.15, 0.2) is 6.23 Å². The minimum Gasteiger partial charge on any atom is -0.449 e. The third-order valence-electron chi connectivity index (χ3n) is 6.77. The Bertz CT molecular complexity index is 1320. The Hall–Kier alpha value is -1.52. The molecule has 4 atom stereocenters. The van der Waals surface area contributed by atoms with Crippen molar-refractivity contribution in [2.45, 2.75) is 83.5 Å². The maximum Gasteiger partial charge on any atom is 0.407 e. The van der Waals surface area contributed by atoms with Gasteiger partial charge in [-0.15, -0.1) is 0 Å². The van der Waals surface area contributed by atoms with Crippen molar-refractivity contribution in [3.63, 3.8) is 0 Å². The second kappa shape index (κ2) is 17.0. The van der Waals surface area contributed by atoms with E-state index in [-0.39, 0.29) is 35.8 Å². The normalized spacial score (nSPS) is 22.0. The van der Waals surface area contributed by atoms with Crippen LogP contribution in [0.4, 0.5) is 4.79 Å². The number of ether oxygens (including phenoxy) is 2. The molecule has 45 heavy (non-hydrogen) atoms. The lowest BCUT2D eigenvalue weighted by Gasteiger charge is -2.36. The van der Waals surface area contributed by atoms with Crippen molar-refractivity contribution >= 4 is 51.7 Å². The van der Waals surface area contributed by atoms with Gasteiger partial charge < -0.3 is 29.9 Å². The number of aromatic nitrogens is 2. The number of hydrogen-bond donors (Lipinski definition) is 4. The monoisotopic (exact) mass is 712 g/mol. The van der Waals surface area contributed by atoms with Gasteiger partial charge in [-0.1, -0.05) is 56.2 Å². The molecule has 256 valence electrons. The van der Waals surface area contributed by atoms with Crippen LogP contribution in [0.5, 0.6) is 0 Å². The molecule has 0 aromatic carbocycles. The summed E-state index contributed by atoms with van der Waals surface area (Å²) in [5.41, 5.74) is -0.678. The van der Waals surface area contributed by atoms with E-state index in [1.54, 1.807) is 22.4 Å². The van der Waals surface area contributed by atoms with Crippen LogP contribution in [-0.4, -0.2) is 94.3 Å². The Kier molecular flexibility index (Phi) is 14.4. The van der Waals surface area contributed by atoms with Crippen molar-refractivity contribution in [3.8, 4) is 0 Å². The first-order valence-electron chi connectivity index (χ1n) is 15.0. The Morgan fingerprint density at radius 1 is 1.22 bits per heavy atom. The first-order chi connectivity index (χ1) is 21.0. The van der Waals surface area contributed by atoms with E-state index in [2.05, 4.69) is 41.7 Å². The third-order valence-corrected chi connectivity index (χ3v) is 12.6. The van der Waals surface area contributed by atoms with E-state index in [0.29, 0.717) is 50.3 Å². The number of carbonyl (C=O) groups is 2. The standard InChI is InChI=1S/C27H46ClN6O8PS2/c1-17(2)14-40-26(38)31-21(16-44-45-27(4,5)6)24(36)30-19-7-9-33(10-8-19)43(28,39)41-15-20-11-29-12-22(42-20)34-13-18(3)23(35)32-25(34)37/h13,17,19-22,29H,7-12,14-16H2,1-6H3,(H,30,36)(H,31,38)(H,32,35,37)/t20-,21?,22+,43?/m0/s1.